The predicted molar refractivity (Wildman–Crippen MR) is 76.8 cm³/mol. The summed E-state index contributed by atoms with van der Waals surface area (Å²) in [6.45, 7) is 2.12. The van der Waals surface area contributed by atoms with Crippen molar-refractivity contribution in [3.63, 3.8) is 0 Å². The Hall–Kier alpha value is -1.26. The Morgan fingerprint density at radius 2 is 1.95 bits per heavy atom. The monoisotopic (exact) mass is 264 g/mol. The van der Waals surface area contributed by atoms with Gasteiger partial charge in [0.1, 0.15) is 0 Å². The lowest BCUT2D eigenvalue weighted by molar-refractivity contribution is 0.188. The maximum Gasteiger partial charge on any atom is 0.160 e. The molecule has 1 saturated heterocycles. The van der Waals surface area contributed by atoms with Crippen molar-refractivity contribution in [1.82, 2.24) is 4.90 Å². The molecule has 1 heterocycles. The molecule has 19 heavy (non-hydrogen) atoms. The summed E-state index contributed by atoms with van der Waals surface area (Å²) in [5.41, 5.74) is 7.37. The molecule has 2 atom stereocenters. The molecule has 0 aromatic heterocycles. The average Bonchev–Trinajstić information content (AvgIpc) is 2.37. The van der Waals surface area contributed by atoms with E-state index in [-0.39, 0.29) is 0 Å². The highest BCUT2D eigenvalue weighted by atomic mass is 16.5. The van der Waals surface area contributed by atoms with Gasteiger partial charge >= 0.3 is 0 Å². The molecule has 1 aliphatic heterocycles. The number of nitrogens with zero attached hydrogens (tertiary/aromatic N) is 1. The van der Waals surface area contributed by atoms with Crippen LogP contribution in [-0.2, 0) is 6.42 Å². The molecule has 106 valence electrons. The van der Waals surface area contributed by atoms with Gasteiger partial charge < -0.3 is 20.1 Å². The van der Waals surface area contributed by atoms with Crippen LogP contribution in [0.4, 0.5) is 0 Å². The highest BCUT2D eigenvalue weighted by Gasteiger charge is 2.23. The lowest BCUT2D eigenvalue weighted by atomic mass is 9.89. The van der Waals surface area contributed by atoms with Crippen LogP contribution < -0.4 is 15.2 Å². The molecule has 0 spiro atoms. The van der Waals surface area contributed by atoms with Crippen LogP contribution in [0.25, 0.3) is 0 Å². The molecule has 4 heteroatoms. The third-order valence-corrected chi connectivity index (χ3v) is 3.72. The van der Waals surface area contributed by atoms with Gasteiger partial charge in [0.15, 0.2) is 11.5 Å². The summed E-state index contributed by atoms with van der Waals surface area (Å²) in [6, 6.07) is 6.45. The maximum absolute atomic E-state index is 6.08. The van der Waals surface area contributed by atoms with Crippen LogP contribution in [0.5, 0.6) is 11.5 Å². The molecular weight excluding hydrogens is 240 g/mol. The van der Waals surface area contributed by atoms with Crippen molar-refractivity contribution in [2.45, 2.75) is 18.9 Å². The van der Waals surface area contributed by atoms with Crippen molar-refractivity contribution >= 4 is 0 Å². The maximum atomic E-state index is 6.08. The number of ether oxygens (including phenoxy) is 2. The number of nitrogens with two attached hydrogens (primary N) is 1. The van der Waals surface area contributed by atoms with Crippen molar-refractivity contribution in [3.8, 4) is 11.5 Å². The summed E-state index contributed by atoms with van der Waals surface area (Å²) in [6.07, 6.45) is 2.14. The lowest BCUT2D eigenvalue weighted by Gasteiger charge is -2.34. The van der Waals surface area contributed by atoms with Crippen LogP contribution in [-0.4, -0.2) is 45.3 Å². The normalized spacial score (nSPS) is 24.2. The predicted octanol–water partition coefficient (Wildman–Crippen LogP) is 1.53. The zero-order chi connectivity index (χ0) is 13.8. The van der Waals surface area contributed by atoms with Crippen molar-refractivity contribution in [3.05, 3.63) is 23.8 Å². The molecule has 0 bridgehead atoms. The van der Waals surface area contributed by atoms with Crippen molar-refractivity contribution < 1.29 is 9.47 Å². The van der Waals surface area contributed by atoms with Gasteiger partial charge in [0.2, 0.25) is 0 Å². The van der Waals surface area contributed by atoms with Crippen molar-refractivity contribution in [2.75, 3.05) is 34.4 Å². The van der Waals surface area contributed by atoms with Crippen LogP contribution >= 0.6 is 0 Å². The number of hydrogen-bond donors (Lipinski definition) is 1. The largest absolute Gasteiger partial charge is 0.493 e. The van der Waals surface area contributed by atoms with Gasteiger partial charge in [-0.05, 0) is 43.5 Å². The van der Waals surface area contributed by atoms with Crippen LogP contribution in [0.15, 0.2) is 18.2 Å². The fourth-order valence-electron chi connectivity index (χ4n) is 2.98. The summed E-state index contributed by atoms with van der Waals surface area (Å²) < 4.78 is 10.6. The number of likely N-dealkylation sites (tertiary alicyclic amines) is 1. The Bertz CT molecular complexity index is 413. The number of methoxy groups -OCH3 is 2. The van der Waals surface area contributed by atoms with Gasteiger partial charge in [-0.15, -0.1) is 0 Å². The molecule has 2 N–H and O–H groups in total. The molecule has 1 aromatic carbocycles. The lowest BCUT2D eigenvalue weighted by Crippen LogP contribution is -2.45. The molecule has 0 aliphatic carbocycles. The summed E-state index contributed by atoms with van der Waals surface area (Å²) in [5, 5.41) is 0. The van der Waals surface area contributed by atoms with E-state index in [0.29, 0.717) is 12.0 Å². The second-order valence-electron chi connectivity index (χ2n) is 5.48. The van der Waals surface area contributed by atoms with Gasteiger partial charge in [0.05, 0.1) is 14.2 Å². The number of piperidine rings is 1. The Balaban J connectivity index is 2.06. The van der Waals surface area contributed by atoms with Crippen LogP contribution in [0.1, 0.15) is 12.0 Å². The number of benzene rings is 1. The standard InChI is InChI=1S/C15H24N2O2/c1-17-9-12(7-13(16)10-17)6-11-4-5-14(18-2)15(8-11)19-3/h4-5,8,12-13H,6-7,9-10,16H2,1-3H3. The van der Waals surface area contributed by atoms with Crippen LogP contribution in [0.3, 0.4) is 0 Å². The van der Waals surface area contributed by atoms with Gasteiger partial charge in [-0.1, -0.05) is 6.07 Å². The van der Waals surface area contributed by atoms with E-state index in [2.05, 4.69) is 24.1 Å². The topological polar surface area (TPSA) is 47.7 Å². The van der Waals surface area contributed by atoms with Crippen LogP contribution in [0, 0.1) is 5.92 Å². The van der Waals surface area contributed by atoms with E-state index in [1.165, 1.54) is 5.56 Å². The van der Waals surface area contributed by atoms with E-state index in [0.717, 1.165) is 37.4 Å². The molecule has 0 amide bonds. The van der Waals surface area contributed by atoms with Crippen molar-refractivity contribution in [1.29, 1.82) is 0 Å². The molecule has 4 nitrogen and oxygen atoms in total. The zero-order valence-corrected chi connectivity index (χ0v) is 12.1. The molecule has 1 aliphatic rings. The second-order valence-corrected chi connectivity index (χ2v) is 5.48. The van der Waals surface area contributed by atoms with Gasteiger partial charge in [-0.2, -0.15) is 0 Å². The smallest absolute Gasteiger partial charge is 0.160 e. The zero-order valence-electron chi connectivity index (χ0n) is 12.1. The summed E-state index contributed by atoms with van der Waals surface area (Å²) in [4.78, 5) is 2.32. The molecule has 0 radical (unpaired) electrons. The Morgan fingerprint density at radius 1 is 1.21 bits per heavy atom. The van der Waals surface area contributed by atoms with Gasteiger partial charge in [0.25, 0.3) is 0 Å². The Morgan fingerprint density at radius 3 is 2.58 bits per heavy atom. The van der Waals surface area contributed by atoms with E-state index >= 15 is 0 Å². The summed E-state index contributed by atoms with van der Waals surface area (Å²) in [5.74, 6) is 2.20. The first-order valence-corrected chi connectivity index (χ1v) is 6.77. The molecule has 2 rings (SSSR count). The molecule has 1 fully saturated rings. The first kappa shape index (κ1) is 14.2. The van der Waals surface area contributed by atoms with E-state index in [1.54, 1.807) is 14.2 Å². The third kappa shape index (κ3) is 3.61. The Labute approximate surface area is 115 Å². The fourth-order valence-corrected chi connectivity index (χ4v) is 2.98. The minimum atomic E-state index is 0.295. The highest BCUT2D eigenvalue weighted by molar-refractivity contribution is 5.43. The highest BCUT2D eigenvalue weighted by Crippen LogP contribution is 2.29. The molecule has 2 unspecified atom stereocenters. The molecular formula is C15H24N2O2. The SMILES string of the molecule is COc1ccc(CC2CC(N)CN(C)C2)cc1OC. The number of hydrogen-bond acceptors (Lipinski definition) is 4. The minimum absolute atomic E-state index is 0.295. The summed E-state index contributed by atoms with van der Waals surface area (Å²) in [7, 11) is 5.47. The second kappa shape index (κ2) is 6.26. The van der Waals surface area contributed by atoms with E-state index in [1.807, 2.05) is 6.07 Å². The summed E-state index contributed by atoms with van der Waals surface area (Å²) >= 11 is 0. The van der Waals surface area contributed by atoms with Gasteiger partial charge in [0, 0.05) is 19.1 Å². The van der Waals surface area contributed by atoms with Crippen molar-refractivity contribution in [2.24, 2.45) is 11.7 Å². The third-order valence-electron chi connectivity index (χ3n) is 3.72. The van der Waals surface area contributed by atoms with E-state index in [9.17, 15) is 0 Å². The van der Waals surface area contributed by atoms with E-state index < -0.39 is 0 Å². The first-order valence-electron chi connectivity index (χ1n) is 6.77. The first-order chi connectivity index (χ1) is 9.12. The fraction of sp³-hybridized carbons (Fsp3) is 0.600. The molecule has 0 saturated carbocycles. The molecule has 1 aromatic rings. The Kier molecular flexibility index (Phi) is 4.66. The van der Waals surface area contributed by atoms with Gasteiger partial charge in [-0.25, -0.2) is 0 Å². The quantitative estimate of drug-likeness (QED) is 0.896. The average molecular weight is 264 g/mol. The number of rotatable bonds is 4. The minimum Gasteiger partial charge on any atom is -0.493 e. The van der Waals surface area contributed by atoms with Gasteiger partial charge in [-0.3, -0.25) is 0 Å². The number of likely N-dealkylation sites (N-methyl/N-ethyl adjacent to an activating group) is 1. The van der Waals surface area contributed by atoms with E-state index in [4.69, 9.17) is 15.2 Å². The van der Waals surface area contributed by atoms with Crippen LogP contribution in [0.2, 0.25) is 0 Å².